The van der Waals surface area contributed by atoms with Crippen LogP contribution in [0.3, 0.4) is 0 Å². The van der Waals surface area contributed by atoms with Gasteiger partial charge in [-0.15, -0.1) is 0 Å². The third-order valence-electron chi connectivity index (χ3n) is 9.03. The fourth-order valence-corrected chi connectivity index (χ4v) is 8.37. The largest absolute Gasteiger partial charge is 0.354 e. The van der Waals surface area contributed by atoms with Crippen LogP contribution >= 0.6 is 0 Å². The second-order valence-corrected chi connectivity index (χ2v) is 16.9. The number of anilines is 3. The maximum Gasteiger partial charge on any atom is 0.296 e. The zero-order valence-electron chi connectivity index (χ0n) is 29.4. The van der Waals surface area contributed by atoms with Crippen LogP contribution in [0.5, 0.6) is 0 Å². The molecule has 0 atom stereocenters. The highest BCUT2D eigenvalue weighted by Crippen LogP contribution is 2.45. The summed E-state index contributed by atoms with van der Waals surface area (Å²) >= 11 is 0. The molecular formula is C36H32N4O13S3. The number of carbonyl (C=O) groups is 3. The summed E-state index contributed by atoms with van der Waals surface area (Å²) in [7, 11) is -14.0. The van der Waals surface area contributed by atoms with E-state index in [4.69, 9.17) is 0 Å². The molecule has 1 heterocycles. The minimum absolute atomic E-state index is 0.00444. The van der Waals surface area contributed by atoms with E-state index in [-0.39, 0.29) is 51.0 Å². The van der Waals surface area contributed by atoms with E-state index in [1.165, 1.54) is 49.5 Å². The lowest BCUT2D eigenvalue weighted by Gasteiger charge is -2.26. The molecule has 6 rings (SSSR count). The predicted octanol–water partition coefficient (Wildman–Crippen LogP) is 3.79. The number of fused-ring (bicyclic) bond motifs is 2. The van der Waals surface area contributed by atoms with Crippen LogP contribution in [0, 0.1) is 0 Å². The number of rotatable bonds is 13. The van der Waals surface area contributed by atoms with Crippen molar-refractivity contribution in [2.24, 2.45) is 7.05 Å². The van der Waals surface area contributed by atoms with Crippen molar-refractivity contribution in [3.8, 4) is 11.1 Å². The minimum atomic E-state index is -5.29. The summed E-state index contributed by atoms with van der Waals surface area (Å²) in [5.41, 5.74) is -2.81. The zero-order chi connectivity index (χ0) is 40.9. The van der Waals surface area contributed by atoms with Crippen LogP contribution in [0.25, 0.3) is 22.0 Å². The fraction of sp³-hybridized carbons (Fsp3) is 0.167. The van der Waals surface area contributed by atoms with Crippen LogP contribution < -0.4 is 21.5 Å². The second kappa shape index (κ2) is 14.8. The SMILES string of the molecule is CCCCNCC(=O)Nc1cc(Nc2ccc3c4c2C(=O)c2ccccc2-c4c(C(=O)c2cccc(S(=O)(=O)O)c2)c(=O)n3C)c(S(=O)(=O)O)cc1S(=O)(=O)O. The number of amides is 1. The highest BCUT2D eigenvalue weighted by atomic mass is 32.2. The number of carbonyl (C=O) groups excluding carboxylic acids is 3. The molecule has 0 unspecified atom stereocenters. The number of aryl methyl sites for hydroxylation is 1. The van der Waals surface area contributed by atoms with Crippen LogP contribution in [0.2, 0.25) is 0 Å². The lowest BCUT2D eigenvalue weighted by atomic mass is 9.80. The van der Waals surface area contributed by atoms with Crippen molar-refractivity contribution in [1.82, 2.24) is 9.88 Å². The number of hydrogen-bond acceptors (Lipinski definition) is 12. The molecule has 1 aromatic heterocycles. The molecule has 4 aromatic carbocycles. The highest BCUT2D eigenvalue weighted by Gasteiger charge is 2.35. The first-order valence-corrected chi connectivity index (χ1v) is 20.9. The van der Waals surface area contributed by atoms with Crippen LogP contribution in [-0.2, 0) is 42.2 Å². The zero-order valence-corrected chi connectivity index (χ0v) is 31.8. The molecule has 0 bridgehead atoms. The average Bonchev–Trinajstić information content (AvgIpc) is 3.12. The van der Waals surface area contributed by atoms with Gasteiger partial charge in [0.05, 0.1) is 45.1 Å². The normalized spacial score (nSPS) is 12.7. The number of benzene rings is 4. The Labute approximate surface area is 319 Å². The summed E-state index contributed by atoms with van der Waals surface area (Å²) in [6.45, 7) is 2.08. The van der Waals surface area contributed by atoms with E-state index >= 15 is 0 Å². The van der Waals surface area contributed by atoms with Gasteiger partial charge in [0.1, 0.15) is 9.79 Å². The Bertz CT molecular complexity index is 2920. The van der Waals surface area contributed by atoms with Crippen LogP contribution in [0.15, 0.2) is 92.3 Å². The molecule has 292 valence electrons. The van der Waals surface area contributed by atoms with Gasteiger partial charge in [-0.1, -0.05) is 49.7 Å². The standard InChI is InChI=1S/C36H32N4O13S3/c1-3-4-14-37-18-29(41)39-25-16-24(27(55(48,49)50)17-28(25)56(51,52)53)38-23-12-13-26-32-30(21-10-5-6-11-22(21)35(43)31(23)32)33(36(44)40(26)2)34(42)19-8-7-9-20(15-19)54(45,46)47/h5-13,15-17,37-38H,3-4,14,18H2,1-2H3,(H,39,41)(H,45,46,47)(H,48,49,50)(H,51,52,53). The third kappa shape index (κ3) is 7.50. The van der Waals surface area contributed by atoms with Gasteiger partial charge in [0.15, 0.2) is 11.6 Å². The smallest absolute Gasteiger partial charge is 0.296 e. The summed E-state index contributed by atoms with van der Waals surface area (Å²) < 4.78 is 105. The maximum absolute atomic E-state index is 14.4. The van der Waals surface area contributed by atoms with E-state index < -0.39 is 85.0 Å². The summed E-state index contributed by atoms with van der Waals surface area (Å²) in [5, 5.41) is 7.93. The molecule has 0 saturated heterocycles. The number of hydrogen-bond donors (Lipinski definition) is 6. The summed E-state index contributed by atoms with van der Waals surface area (Å²) in [5.74, 6) is -2.39. The van der Waals surface area contributed by atoms with Crippen LogP contribution in [0.1, 0.15) is 51.6 Å². The fourth-order valence-electron chi connectivity index (χ4n) is 6.46. The van der Waals surface area contributed by atoms with Gasteiger partial charge in [-0.3, -0.25) is 32.8 Å². The van der Waals surface area contributed by atoms with Crippen molar-refractivity contribution >= 4 is 75.8 Å². The quantitative estimate of drug-likeness (QED) is 0.0549. The van der Waals surface area contributed by atoms with Gasteiger partial charge in [-0.25, -0.2) is 0 Å². The number of pyridine rings is 1. The molecule has 5 aromatic rings. The van der Waals surface area contributed by atoms with Gasteiger partial charge in [0, 0.05) is 29.1 Å². The monoisotopic (exact) mass is 824 g/mol. The molecule has 1 aliphatic rings. The van der Waals surface area contributed by atoms with Crippen molar-refractivity contribution < 1.29 is 53.3 Å². The summed E-state index contributed by atoms with van der Waals surface area (Å²) in [6.07, 6.45) is 1.55. The van der Waals surface area contributed by atoms with Crippen LogP contribution in [0.4, 0.5) is 17.1 Å². The van der Waals surface area contributed by atoms with Crippen molar-refractivity contribution in [3.63, 3.8) is 0 Å². The Balaban J connectivity index is 1.61. The molecule has 0 fully saturated rings. The van der Waals surface area contributed by atoms with Crippen molar-refractivity contribution in [1.29, 1.82) is 0 Å². The van der Waals surface area contributed by atoms with Crippen molar-refractivity contribution in [2.45, 2.75) is 34.5 Å². The first-order valence-electron chi connectivity index (χ1n) is 16.6. The number of aromatic nitrogens is 1. The maximum atomic E-state index is 14.4. The number of ketones is 2. The predicted molar refractivity (Wildman–Crippen MR) is 204 cm³/mol. The Morgan fingerprint density at radius 2 is 1.39 bits per heavy atom. The van der Waals surface area contributed by atoms with E-state index in [0.717, 1.165) is 35.6 Å². The highest BCUT2D eigenvalue weighted by molar-refractivity contribution is 7.87. The third-order valence-corrected chi connectivity index (χ3v) is 11.7. The van der Waals surface area contributed by atoms with Gasteiger partial charge in [-0.2, -0.15) is 25.3 Å². The van der Waals surface area contributed by atoms with Crippen molar-refractivity contribution in [3.05, 3.63) is 105 Å². The Hall–Kier alpha value is -5.61. The van der Waals surface area contributed by atoms with Gasteiger partial charge >= 0.3 is 0 Å². The van der Waals surface area contributed by atoms with Gasteiger partial charge in [0.2, 0.25) is 5.91 Å². The first-order chi connectivity index (χ1) is 26.2. The molecule has 56 heavy (non-hydrogen) atoms. The molecular weight excluding hydrogens is 793 g/mol. The Morgan fingerprint density at radius 1 is 0.732 bits per heavy atom. The molecule has 0 spiro atoms. The second-order valence-electron chi connectivity index (χ2n) is 12.7. The minimum Gasteiger partial charge on any atom is -0.354 e. The summed E-state index contributed by atoms with van der Waals surface area (Å²) in [6, 6.07) is 14.3. The molecule has 0 aliphatic heterocycles. The van der Waals surface area contributed by atoms with Crippen molar-refractivity contribution in [2.75, 3.05) is 23.7 Å². The van der Waals surface area contributed by atoms with Crippen LogP contribution in [-0.4, -0.2) is 74.0 Å². The van der Waals surface area contributed by atoms with Gasteiger partial charge in [0.25, 0.3) is 35.9 Å². The molecule has 1 amide bonds. The molecule has 17 nitrogen and oxygen atoms in total. The summed E-state index contributed by atoms with van der Waals surface area (Å²) in [4.78, 5) is 52.7. The molecule has 0 radical (unpaired) electrons. The van der Waals surface area contributed by atoms with E-state index in [9.17, 15) is 58.1 Å². The Kier molecular flexibility index (Phi) is 10.6. The number of unbranched alkanes of at least 4 members (excludes halogenated alkanes) is 1. The average molecular weight is 825 g/mol. The van der Waals surface area contributed by atoms with Gasteiger partial charge in [-0.05, 0) is 54.9 Å². The van der Waals surface area contributed by atoms with E-state index in [0.29, 0.717) is 12.6 Å². The van der Waals surface area contributed by atoms with E-state index in [1.54, 1.807) is 6.07 Å². The lowest BCUT2D eigenvalue weighted by Crippen LogP contribution is -2.29. The first kappa shape index (κ1) is 40.1. The Morgan fingerprint density at radius 3 is 2.04 bits per heavy atom. The molecule has 0 saturated carbocycles. The molecule has 6 N–H and O–H groups in total. The molecule has 1 aliphatic carbocycles. The number of nitrogens with zero attached hydrogens (tertiary/aromatic N) is 1. The lowest BCUT2D eigenvalue weighted by molar-refractivity contribution is -0.115. The molecule has 20 heteroatoms. The van der Waals surface area contributed by atoms with E-state index in [2.05, 4.69) is 16.0 Å². The van der Waals surface area contributed by atoms with E-state index in [1.807, 2.05) is 6.92 Å². The number of nitrogens with one attached hydrogen (secondary N) is 3. The topological polar surface area (TPSA) is 272 Å². The van der Waals surface area contributed by atoms with Gasteiger partial charge < -0.3 is 20.5 Å².